The van der Waals surface area contributed by atoms with Crippen molar-refractivity contribution >= 4 is 44.4 Å². The summed E-state index contributed by atoms with van der Waals surface area (Å²) in [5.41, 5.74) is 0.717. The van der Waals surface area contributed by atoms with Gasteiger partial charge in [-0.1, -0.05) is 29.8 Å². The Morgan fingerprint density at radius 3 is 2.47 bits per heavy atom. The van der Waals surface area contributed by atoms with Gasteiger partial charge in [0, 0.05) is 20.5 Å². The molecule has 0 heterocycles. The van der Waals surface area contributed by atoms with E-state index >= 15 is 0 Å². The molecule has 0 aliphatic rings. The van der Waals surface area contributed by atoms with Crippen LogP contribution in [0.15, 0.2) is 24.3 Å². The third-order valence-electron chi connectivity index (χ3n) is 2.32. The topological polar surface area (TPSA) is 29.1 Å². The summed E-state index contributed by atoms with van der Waals surface area (Å²) in [7, 11) is 0. The number of benzene rings is 1. The Morgan fingerprint density at radius 2 is 1.94 bits per heavy atom. The van der Waals surface area contributed by atoms with Crippen LogP contribution in [0.5, 0.6) is 0 Å². The van der Waals surface area contributed by atoms with Crippen LogP contribution in [0, 0.1) is 9.49 Å². The maximum atomic E-state index is 11.8. The quantitative estimate of drug-likeness (QED) is 0.581. The molecule has 17 heavy (non-hydrogen) atoms. The van der Waals surface area contributed by atoms with E-state index < -0.39 is 0 Å². The second kappa shape index (κ2) is 7.36. The second-order valence-electron chi connectivity index (χ2n) is 4.44. The number of carbonyl (C=O) groups excluding carboxylic acids is 1. The van der Waals surface area contributed by atoms with Crippen LogP contribution in [0.25, 0.3) is 0 Å². The molecule has 0 saturated heterocycles. The predicted molar refractivity (Wildman–Crippen MR) is 83.7 cm³/mol. The molecule has 1 rings (SSSR count). The van der Waals surface area contributed by atoms with E-state index in [4.69, 9.17) is 0 Å². The smallest absolute Gasteiger partial charge is 0.251 e. The predicted octanol–water partition coefficient (Wildman–Crippen LogP) is 3.83. The second-order valence-corrected chi connectivity index (χ2v) is 6.98. The fourth-order valence-corrected chi connectivity index (χ4v) is 2.77. The van der Waals surface area contributed by atoms with Gasteiger partial charge in [0.1, 0.15) is 0 Å². The summed E-state index contributed by atoms with van der Waals surface area (Å²) in [6, 6.07) is 7.58. The van der Waals surface area contributed by atoms with Crippen molar-refractivity contribution in [2.45, 2.75) is 25.1 Å². The van der Waals surface area contributed by atoms with Crippen LogP contribution in [0.2, 0.25) is 0 Å². The molecule has 1 amide bonds. The number of rotatable bonds is 5. The highest BCUT2D eigenvalue weighted by Crippen LogP contribution is 2.12. The summed E-state index contributed by atoms with van der Waals surface area (Å²) in [5.74, 6) is 0.629. The molecule has 0 fully saturated rings. The molecule has 4 heteroatoms. The molecule has 1 unspecified atom stereocenters. The van der Waals surface area contributed by atoms with Gasteiger partial charge >= 0.3 is 0 Å². The third kappa shape index (κ3) is 5.86. The third-order valence-corrected chi connectivity index (χ3v) is 3.73. The lowest BCUT2D eigenvalue weighted by molar-refractivity contribution is 0.0953. The summed E-state index contributed by atoms with van der Waals surface area (Å²) in [4.78, 5) is 12.2. The molecule has 2 nitrogen and oxygen atoms in total. The van der Waals surface area contributed by atoms with Crippen molar-refractivity contribution in [2.24, 2.45) is 5.92 Å². The average molecular weight is 410 g/mol. The van der Waals surface area contributed by atoms with Gasteiger partial charge in [-0.25, -0.2) is 0 Å². The molecule has 0 saturated carbocycles. The highest BCUT2D eigenvalue weighted by molar-refractivity contribution is 14.1. The van der Waals surface area contributed by atoms with Gasteiger partial charge < -0.3 is 5.32 Å². The van der Waals surface area contributed by atoms with E-state index in [1.54, 1.807) is 0 Å². The molecule has 0 radical (unpaired) electrons. The first-order valence-corrected chi connectivity index (χ1v) is 7.66. The molecule has 0 aliphatic heterocycles. The average Bonchev–Trinajstić information content (AvgIpc) is 2.26. The van der Waals surface area contributed by atoms with Crippen molar-refractivity contribution in [1.82, 2.24) is 5.32 Å². The minimum absolute atomic E-state index is 0.00499. The van der Waals surface area contributed by atoms with E-state index in [1.807, 2.05) is 24.3 Å². The minimum Gasteiger partial charge on any atom is -0.351 e. The Balaban J connectivity index is 2.42. The van der Waals surface area contributed by atoms with Crippen LogP contribution in [-0.2, 0) is 0 Å². The van der Waals surface area contributed by atoms with Crippen molar-refractivity contribution in [2.75, 3.05) is 6.54 Å². The number of alkyl halides is 1. The minimum atomic E-state index is -0.00499. The Kier molecular flexibility index (Phi) is 6.48. The number of nitrogens with one attached hydrogen (secondary N) is 1. The molecular formula is C13H17BrINO. The van der Waals surface area contributed by atoms with Crippen LogP contribution in [0.4, 0.5) is 0 Å². The molecule has 0 bridgehead atoms. The maximum Gasteiger partial charge on any atom is 0.251 e. The van der Waals surface area contributed by atoms with Crippen molar-refractivity contribution in [3.63, 3.8) is 0 Å². The van der Waals surface area contributed by atoms with Crippen LogP contribution in [0.3, 0.4) is 0 Å². The normalized spacial score (nSPS) is 12.5. The molecule has 0 aliphatic carbocycles. The molecule has 0 aromatic heterocycles. The Morgan fingerprint density at radius 1 is 1.35 bits per heavy atom. The summed E-state index contributed by atoms with van der Waals surface area (Å²) >= 11 is 5.80. The first-order valence-electron chi connectivity index (χ1n) is 5.67. The van der Waals surface area contributed by atoms with E-state index in [2.05, 4.69) is 57.7 Å². The highest BCUT2D eigenvalue weighted by Gasteiger charge is 2.10. The summed E-state index contributed by atoms with van der Waals surface area (Å²) < 4.78 is 1.14. The summed E-state index contributed by atoms with van der Waals surface area (Å²) in [6.45, 7) is 5.02. The number of hydrogen-bond donors (Lipinski definition) is 1. The van der Waals surface area contributed by atoms with Gasteiger partial charge in [-0.2, -0.15) is 0 Å². The molecule has 1 aromatic rings. The van der Waals surface area contributed by atoms with Gasteiger partial charge in [0.25, 0.3) is 5.91 Å². The number of halogens is 2. The van der Waals surface area contributed by atoms with Crippen LogP contribution in [-0.4, -0.2) is 17.3 Å². The molecule has 94 valence electrons. The lowest BCUT2D eigenvalue weighted by atomic mass is 10.1. The molecular weight excluding hydrogens is 393 g/mol. The van der Waals surface area contributed by atoms with Gasteiger partial charge in [0.05, 0.1) is 0 Å². The monoisotopic (exact) mass is 409 g/mol. The zero-order valence-electron chi connectivity index (χ0n) is 10.0. The number of amides is 1. The van der Waals surface area contributed by atoms with Crippen LogP contribution < -0.4 is 5.32 Å². The van der Waals surface area contributed by atoms with Crippen molar-refractivity contribution in [3.8, 4) is 0 Å². The lowest BCUT2D eigenvalue weighted by Crippen LogP contribution is -2.30. The van der Waals surface area contributed by atoms with E-state index in [0.29, 0.717) is 17.3 Å². The largest absolute Gasteiger partial charge is 0.351 e. The zero-order valence-corrected chi connectivity index (χ0v) is 13.8. The summed E-state index contributed by atoms with van der Waals surface area (Å²) in [6.07, 6.45) is 1.06. The zero-order chi connectivity index (χ0) is 12.8. The van der Waals surface area contributed by atoms with Gasteiger partial charge in [-0.05, 0) is 59.2 Å². The molecule has 1 N–H and O–H groups in total. The Labute approximate surface area is 125 Å². The van der Waals surface area contributed by atoms with Crippen LogP contribution in [0.1, 0.15) is 30.6 Å². The van der Waals surface area contributed by atoms with Gasteiger partial charge in [-0.15, -0.1) is 0 Å². The standard InChI is InChI=1S/C13H17BrINO/c1-9(2)7-11(14)8-16-13(17)10-3-5-12(15)6-4-10/h3-6,9,11H,7-8H2,1-2H3,(H,16,17). The van der Waals surface area contributed by atoms with Gasteiger partial charge in [0.2, 0.25) is 0 Å². The molecule has 1 atom stereocenters. The van der Waals surface area contributed by atoms with Crippen molar-refractivity contribution in [1.29, 1.82) is 0 Å². The molecule has 0 spiro atoms. The van der Waals surface area contributed by atoms with Crippen molar-refractivity contribution < 1.29 is 4.79 Å². The fourth-order valence-electron chi connectivity index (χ4n) is 1.50. The highest BCUT2D eigenvalue weighted by atomic mass is 127. The van der Waals surface area contributed by atoms with E-state index in [1.165, 1.54) is 0 Å². The molecule has 1 aromatic carbocycles. The van der Waals surface area contributed by atoms with Gasteiger partial charge in [-0.3, -0.25) is 4.79 Å². The maximum absolute atomic E-state index is 11.8. The first kappa shape index (κ1) is 15.0. The van der Waals surface area contributed by atoms with Crippen LogP contribution >= 0.6 is 38.5 Å². The van der Waals surface area contributed by atoms with E-state index in [-0.39, 0.29) is 5.91 Å². The SMILES string of the molecule is CC(C)CC(Br)CNC(=O)c1ccc(I)cc1. The first-order chi connectivity index (χ1) is 7.99. The number of carbonyl (C=O) groups is 1. The lowest BCUT2D eigenvalue weighted by Gasteiger charge is -2.13. The Bertz CT molecular complexity index is 364. The number of hydrogen-bond acceptors (Lipinski definition) is 1. The van der Waals surface area contributed by atoms with E-state index in [9.17, 15) is 4.79 Å². The van der Waals surface area contributed by atoms with Gasteiger partial charge in [0.15, 0.2) is 0 Å². The Hall–Kier alpha value is -0.100. The van der Waals surface area contributed by atoms with Crippen molar-refractivity contribution in [3.05, 3.63) is 33.4 Å². The van der Waals surface area contributed by atoms with E-state index in [0.717, 1.165) is 15.6 Å². The summed E-state index contributed by atoms with van der Waals surface area (Å²) in [5, 5.41) is 2.94. The fraction of sp³-hybridized carbons (Fsp3) is 0.462.